The highest BCUT2D eigenvalue weighted by Gasteiger charge is 2.37. The van der Waals surface area contributed by atoms with Crippen molar-refractivity contribution < 1.29 is 9.59 Å². The van der Waals surface area contributed by atoms with Crippen molar-refractivity contribution in [2.75, 3.05) is 7.05 Å². The Bertz CT molecular complexity index is 286. The molecule has 0 bridgehead atoms. The highest BCUT2D eigenvalue weighted by Crippen LogP contribution is 2.30. The van der Waals surface area contributed by atoms with Crippen molar-refractivity contribution >= 4 is 11.8 Å². The number of imide groups is 1. The normalized spacial score (nSPS) is 29.5. The fourth-order valence-electron chi connectivity index (χ4n) is 2.28. The van der Waals surface area contributed by atoms with Crippen molar-refractivity contribution in [3.63, 3.8) is 0 Å². The lowest BCUT2D eigenvalue weighted by molar-refractivity contribution is -0.137. The number of amides is 2. The van der Waals surface area contributed by atoms with E-state index < -0.39 is 0 Å². The first-order chi connectivity index (χ1) is 7.09. The van der Waals surface area contributed by atoms with Crippen LogP contribution in [0.3, 0.4) is 0 Å². The molecule has 2 fully saturated rings. The molecule has 2 unspecified atom stereocenters. The van der Waals surface area contributed by atoms with Crippen LogP contribution in [0.15, 0.2) is 0 Å². The van der Waals surface area contributed by atoms with Gasteiger partial charge in [0.1, 0.15) is 0 Å². The maximum Gasteiger partial charge on any atom is 0.246 e. The highest BCUT2D eigenvalue weighted by atomic mass is 16.2. The molecule has 2 rings (SSSR count). The summed E-state index contributed by atoms with van der Waals surface area (Å²) in [5.41, 5.74) is 0. The molecular formula is C11H18N2O2. The van der Waals surface area contributed by atoms with Gasteiger partial charge in [-0.05, 0) is 25.7 Å². The summed E-state index contributed by atoms with van der Waals surface area (Å²) in [5, 5.41) is 3.28. The minimum absolute atomic E-state index is 0.0710. The molecule has 2 amide bonds. The van der Waals surface area contributed by atoms with Gasteiger partial charge in [-0.2, -0.15) is 0 Å². The van der Waals surface area contributed by atoms with E-state index in [1.165, 1.54) is 24.2 Å². The zero-order chi connectivity index (χ0) is 11.0. The lowest BCUT2D eigenvalue weighted by Gasteiger charge is -2.33. The fourth-order valence-corrected chi connectivity index (χ4v) is 2.28. The summed E-state index contributed by atoms with van der Waals surface area (Å²) < 4.78 is 0. The first kappa shape index (κ1) is 10.6. The molecule has 0 aromatic heterocycles. The van der Waals surface area contributed by atoms with Crippen LogP contribution in [-0.4, -0.2) is 35.8 Å². The van der Waals surface area contributed by atoms with Gasteiger partial charge in [-0.3, -0.25) is 14.5 Å². The molecule has 0 spiro atoms. The van der Waals surface area contributed by atoms with Crippen LogP contribution in [0.2, 0.25) is 0 Å². The minimum Gasteiger partial charge on any atom is -0.303 e. The average molecular weight is 210 g/mol. The van der Waals surface area contributed by atoms with Gasteiger partial charge in [0, 0.05) is 13.1 Å². The summed E-state index contributed by atoms with van der Waals surface area (Å²) in [4.78, 5) is 24.1. The second-order valence-electron chi connectivity index (χ2n) is 4.69. The second kappa shape index (κ2) is 3.93. The molecule has 0 aromatic rings. The van der Waals surface area contributed by atoms with E-state index in [0.717, 1.165) is 0 Å². The van der Waals surface area contributed by atoms with E-state index in [1.807, 2.05) is 0 Å². The molecule has 0 aromatic carbocycles. The molecule has 1 N–H and O–H groups in total. The van der Waals surface area contributed by atoms with Gasteiger partial charge in [-0.25, -0.2) is 0 Å². The molecule has 15 heavy (non-hydrogen) atoms. The van der Waals surface area contributed by atoms with Gasteiger partial charge in [0.05, 0.1) is 12.5 Å². The third-order valence-electron chi connectivity index (χ3n) is 3.70. The van der Waals surface area contributed by atoms with E-state index in [4.69, 9.17) is 0 Å². The Morgan fingerprint density at radius 2 is 2.07 bits per heavy atom. The number of nitrogens with one attached hydrogen (secondary N) is 1. The Morgan fingerprint density at radius 3 is 2.47 bits per heavy atom. The van der Waals surface area contributed by atoms with Crippen LogP contribution in [-0.2, 0) is 9.59 Å². The number of likely N-dealkylation sites (N-methyl/N-ethyl adjacent to an activating group) is 1. The molecule has 1 heterocycles. The molecular weight excluding hydrogens is 192 g/mol. The molecule has 1 aliphatic heterocycles. The Balaban J connectivity index is 1.89. The van der Waals surface area contributed by atoms with Gasteiger partial charge in [-0.15, -0.1) is 0 Å². The Labute approximate surface area is 90.0 Å². The molecule has 1 saturated heterocycles. The molecule has 4 heteroatoms. The van der Waals surface area contributed by atoms with Crippen LogP contribution in [0.25, 0.3) is 0 Å². The summed E-state index contributed by atoms with van der Waals surface area (Å²) in [6.45, 7) is 2.11. The van der Waals surface area contributed by atoms with Crippen molar-refractivity contribution in [3.8, 4) is 0 Å². The van der Waals surface area contributed by atoms with Gasteiger partial charge in [0.25, 0.3) is 0 Å². The van der Waals surface area contributed by atoms with Gasteiger partial charge in [-0.1, -0.05) is 6.42 Å². The van der Waals surface area contributed by atoms with E-state index in [-0.39, 0.29) is 17.9 Å². The number of hydrogen-bond donors (Lipinski definition) is 1. The molecule has 2 atom stereocenters. The molecule has 0 radical (unpaired) electrons. The van der Waals surface area contributed by atoms with Crippen LogP contribution in [0, 0.1) is 5.92 Å². The predicted octanol–water partition coefficient (Wildman–Crippen LogP) is 0.522. The molecule has 1 aliphatic carbocycles. The van der Waals surface area contributed by atoms with Gasteiger partial charge in [0.2, 0.25) is 11.8 Å². The van der Waals surface area contributed by atoms with Crippen LogP contribution in [0.1, 0.15) is 32.6 Å². The quantitative estimate of drug-likeness (QED) is 0.691. The number of rotatable bonds is 3. The van der Waals surface area contributed by atoms with E-state index in [9.17, 15) is 9.59 Å². The standard InChI is InChI=1S/C11H18N2O2/c1-7(8-4-3-5-8)12-9-6-10(14)13(2)11(9)15/h7-9,12H,3-6H2,1-2H3. The average Bonchev–Trinajstić information content (AvgIpc) is 2.30. The first-order valence-electron chi connectivity index (χ1n) is 5.66. The zero-order valence-corrected chi connectivity index (χ0v) is 9.32. The molecule has 2 aliphatic rings. The number of nitrogens with zero attached hydrogens (tertiary/aromatic N) is 1. The largest absolute Gasteiger partial charge is 0.303 e. The van der Waals surface area contributed by atoms with Crippen LogP contribution in [0.4, 0.5) is 0 Å². The van der Waals surface area contributed by atoms with Crippen molar-refractivity contribution in [3.05, 3.63) is 0 Å². The predicted molar refractivity (Wildman–Crippen MR) is 56.1 cm³/mol. The summed E-state index contributed by atoms with van der Waals surface area (Å²) >= 11 is 0. The summed E-state index contributed by atoms with van der Waals surface area (Å²) in [6.07, 6.45) is 4.12. The highest BCUT2D eigenvalue weighted by molar-refractivity contribution is 6.05. The summed E-state index contributed by atoms with van der Waals surface area (Å²) in [6, 6.07) is 0.0742. The van der Waals surface area contributed by atoms with Crippen molar-refractivity contribution in [2.45, 2.75) is 44.7 Å². The number of likely N-dealkylation sites (tertiary alicyclic amines) is 1. The third-order valence-corrected chi connectivity index (χ3v) is 3.70. The van der Waals surface area contributed by atoms with Gasteiger partial charge in [0.15, 0.2) is 0 Å². The minimum atomic E-state index is -0.280. The van der Waals surface area contributed by atoms with E-state index in [0.29, 0.717) is 18.4 Å². The number of carbonyl (C=O) groups is 2. The van der Waals surface area contributed by atoms with Gasteiger partial charge < -0.3 is 5.32 Å². The maximum atomic E-state index is 11.6. The van der Waals surface area contributed by atoms with Crippen LogP contribution < -0.4 is 5.32 Å². The summed E-state index contributed by atoms with van der Waals surface area (Å²) in [7, 11) is 1.56. The van der Waals surface area contributed by atoms with Crippen molar-refractivity contribution in [2.24, 2.45) is 5.92 Å². The van der Waals surface area contributed by atoms with E-state index in [1.54, 1.807) is 7.05 Å². The Hall–Kier alpha value is -0.900. The first-order valence-corrected chi connectivity index (χ1v) is 5.66. The van der Waals surface area contributed by atoms with Crippen LogP contribution in [0.5, 0.6) is 0 Å². The topological polar surface area (TPSA) is 49.4 Å². The third kappa shape index (κ3) is 1.91. The zero-order valence-electron chi connectivity index (χ0n) is 9.32. The molecule has 84 valence electrons. The number of carbonyl (C=O) groups excluding carboxylic acids is 2. The van der Waals surface area contributed by atoms with Crippen LogP contribution >= 0.6 is 0 Å². The SMILES string of the molecule is CC(NC1CC(=O)N(C)C1=O)C1CCC1. The van der Waals surface area contributed by atoms with Crippen molar-refractivity contribution in [1.82, 2.24) is 10.2 Å². The lowest BCUT2D eigenvalue weighted by atomic mass is 9.80. The Morgan fingerprint density at radius 1 is 1.40 bits per heavy atom. The fraction of sp³-hybridized carbons (Fsp3) is 0.818. The number of hydrogen-bond acceptors (Lipinski definition) is 3. The Kier molecular flexibility index (Phi) is 2.78. The maximum absolute atomic E-state index is 11.6. The van der Waals surface area contributed by atoms with E-state index >= 15 is 0 Å². The molecule has 4 nitrogen and oxygen atoms in total. The second-order valence-corrected chi connectivity index (χ2v) is 4.69. The monoisotopic (exact) mass is 210 g/mol. The van der Waals surface area contributed by atoms with E-state index in [2.05, 4.69) is 12.2 Å². The smallest absolute Gasteiger partial charge is 0.246 e. The summed E-state index contributed by atoms with van der Waals surface area (Å²) in [5.74, 6) is 0.545. The lowest BCUT2D eigenvalue weighted by Crippen LogP contribution is -2.46. The molecule has 1 saturated carbocycles. The van der Waals surface area contributed by atoms with Crippen molar-refractivity contribution in [1.29, 1.82) is 0 Å². The van der Waals surface area contributed by atoms with Gasteiger partial charge >= 0.3 is 0 Å².